The maximum atomic E-state index is 11.1. The monoisotopic (exact) mass is 186 g/mol. The van der Waals surface area contributed by atoms with Crippen LogP contribution in [0, 0.1) is 0 Å². The molecule has 0 unspecified atom stereocenters. The zero-order valence-electron chi connectivity index (χ0n) is 7.02. The molecule has 0 spiro atoms. The Morgan fingerprint density at radius 2 is 2.17 bits per heavy atom. The Labute approximate surface area is 75.6 Å². The summed E-state index contributed by atoms with van der Waals surface area (Å²) >= 11 is 5.85. The molecular weight excluding hydrogens is 176 g/mol. The maximum absolute atomic E-state index is 11.1. The van der Waals surface area contributed by atoms with E-state index in [2.05, 4.69) is 4.98 Å². The predicted octanol–water partition coefficient (Wildman–Crippen LogP) is 1.73. The van der Waals surface area contributed by atoms with Crippen LogP contribution in [0.5, 0.6) is 0 Å². The minimum atomic E-state index is -0.275. The van der Waals surface area contributed by atoms with E-state index in [1.807, 2.05) is 13.8 Å². The van der Waals surface area contributed by atoms with Crippen molar-refractivity contribution in [3.63, 3.8) is 0 Å². The fourth-order valence-corrected chi connectivity index (χ4v) is 1.34. The third kappa shape index (κ3) is 1.61. The molecule has 0 radical (unpaired) electrons. The number of hydrogen-bond donors (Lipinski definition) is 2. The van der Waals surface area contributed by atoms with Gasteiger partial charge in [-0.25, -0.2) is 0 Å². The lowest BCUT2D eigenvalue weighted by atomic mass is 10.1. The fourth-order valence-electron chi connectivity index (χ4n) is 0.954. The molecule has 1 aromatic heterocycles. The highest BCUT2D eigenvalue weighted by Gasteiger charge is 2.07. The molecule has 66 valence electrons. The van der Waals surface area contributed by atoms with Gasteiger partial charge in [-0.1, -0.05) is 25.4 Å². The summed E-state index contributed by atoms with van der Waals surface area (Å²) < 4.78 is 0. The van der Waals surface area contributed by atoms with Crippen LogP contribution in [0.4, 0.5) is 5.69 Å². The van der Waals surface area contributed by atoms with Gasteiger partial charge in [-0.2, -0.15) is 0 Å². The zero-order valence-corrected chi connectivity index (χ0v) is 7.77. The van der Waals surface area contributed by atoms with Gasteiger partial charge in [-0.15, -0.1) is 0 Å². The van der Waals surface area contributed by atoms with Crippen molar-refractivity contribution < 1.29 is 0 Å². The summed E-state index contributed by atoms with van der Waals surface area (Å²) in [6.45, 7) is 3.90. The smallest absolute Gasteiger partial charge is 0.271 e. The lowest BCUT2D eigenvalue weighted by Crippen LogP contribution is -2.14. The summed E-state index contributed by atoms with van der Waals surface area (Å²) in [5.74, 6) is 0.200. The molecule has 0 aliphatic heterocycles. The van der Waals surface area contributed by atoms with Crippen molar-refractivity contribution in [2.45, 2.75) is 19.8 Å². The summed E-state index contributed by atoms with van der Waals surface area (Å²) in [6.07, 6.45) is 0. The Balaban J connectivity index is 3.33. The van der Waals surface area contributed by atoms with Crippen molar-refractivity contribution in [2.75, 3.05) is 5.73 Å². The van der Waals surface area contributed by atoms with Crippen LogP contribution in [0.25, 0.3) is 0 Å². The Bertz CT molecular complexity index is 343. The van der Waals surface area contributed by atoms with Gasteiger partial charge >= 0.3 is 0 Å². The normalized spacial score (nSPS) is 10.7. The van der Waals surface area contributed by atoms with Gasteiger partial charge in [0.1, 0.15) is 0 Å². The average molecular weight is 187 g/mol. The van der Waals surface area contributed by atoms with Gasteiger partial charge in [-0.05, 0) is 12.0 Å². The van der Waals surface area contributed by atoms with Crippen LogP contribution in [0.3, 0.4) is 0 Å². The molecule has 0 atom stereocenters. The highest BCUT2D eigenvalue weighted by Crippen LogP contribution is 2.21. The van der Waals surface area contributed by atoms with Crippen molar-refractivity contribution in [2.24, 2.45) is 0 Å². The molecule has 3 N–H and O–H groups in total. The maximum Gasteiger partial charge on any atom is 0.271 e. The number of halogens is 1. The summed E-state index contributed by atoms with van der Waals surface area (Å²) in [4.78, 5) is 13.7. The number of nitrogens with two attached hydrogens (primary N) is 1. The second-order valence-electron chi connectivity index (χ2n) is 2.97. The second kappa shape index (κ2) is 3.19. The molecule has 0 saturated carbocycles. The summed E-state index contributed by atoms with van der Waals surface area (Å²) in [7, 11) is 0. The van der Waals surface area contributed by atoms with Crippen molar-refractivity contribution in [1.29, 1.82) is 0 Å². The first-order valence-corrected chi connectivity index (χ1v) is 4.08. The zero-order chi connectivity index (χ0) is 9.30. The molecule has 0 aliphatic carbocycles. The number of rotatable bonds is 1. The fraction of sp³-hybridized carbons (Fsp3) is 0.375. The third-order valence-electron chi connectivity index (χ3n) is 1.63. The van der Waals surface area contributed by atoms with Crippen LogP contribution < -0.4 is 11.3 Å². The number of pyridine rings is 1. The SMILES string of the molecule is CC(C)c1[nH]c(=O)c(N)cc1Cl. The van der Waals surface area contributed by atoms with E-state index in [-0.39, 0.29) is 17.2 Å². The Morgan fingerprint density at radius 1 is 1.58 bits per heavy atom. The van der Waals surface area contributed by atoms with Gasteiger partial charge in [0.05, 0.1) is 10.7 Å². The first kappa shape index (κ1) is 9.13. The lowest BCUT2D eigenvalue weighted by molar-refractivity contribution is 0.817. The van der Waals surface area contributed by atoms with Crippen LogP contribution in [-0.4, -0.2) is 4.98 Å². The molecule has 0 aromatic carbocycles. The molecule has 0 fully saturated rings. The quantitative estimate of drug-likeness (QED) is 0.702. The highest BCUT2D eigenvalue weighted by atomic mass is 35.5. The van der Waals surface area contributed by atoms with E-state index in [4.69, 9.17) is 17.3 Å². The lowest BCUT2D eigenvalue weighted by Gasteiger charge is -2.07. The van der Waals surface area contributed by atoms with Gasteiger partial charge in [0.15, 0.2) is 0 Å². The number of anilines is 1. The van der Waals surface area contributed by atoms with E-state index < -0.39 is 0 Å². The molecule has 1 heterocycles. The van der Waals surface area contributed by atoms with Crippen LogP contribution in [0.1, 0.15) is 25.5 Å². The van der Waals surface area contributed by atoms with Crippen molar-refractivity contribution in [3.8, 4) is 0 Å². The number of H-pyrrole nitrogens is 1. The molecule has 0 bridgehead atoms. The van der Waals surface area contributed by atoms with E-state index in [1.165, 1.54) is 6.07 Å². The molecule has 4 heteroatoms. The minimum Gasteiger partial charge on any atom is -0.394 e. The highest BCUT2D eigenvalue weighted by molar-refractivity contribution is 6.31. The van der Waals surface area contributed by atoms with Gasteiger partial charge in [-0.3, -0.25) is 4.79 Å². The number of nitrogen functional groups attached to an aromatic ring is 1. The van der Waals surface area contributed by atoms with Gasteiger partial charge < -0.3 is 10.7 Å². The number of aromatic nitrogens is 1. The van der Waals surface area contributed by atoms with E-state index in [0.717, 1.165) is 5.69 Å². The average Bonchev–Trinajstić information content (AvgIpc) is 1.96. The number of nitrogens with one attached hydrogen (secondary N) is 1. The van der Waals surface area contributed by atoms with E-state index in [9.17, 15) is 4.79 Å². The number of hydrogen-bond acceptors (Lipinski definition) is 2. The summed E-state index contributed by atoms with van der Waals surface area (Å²) in [6, 6.07) is 1.48. The van der Waals surface area contributed by atoms with Gasteiger partial charge in [0, 0.05) is 5.69 Å². The molecular formula is C8H11ClN2O. The molecule has 0 saturated heterocycles. The second-order valence-corrected chi connectivity index (χ2v) is 3.38. The molecule has 0 aliphatic rings. The first-order chi connectivity index (χ1) is 5.52. The number of aromatic amines is 1. The predicted molar refractivity (Wildman–Crippen MR) is 50.6 cm³/mol. The molecule has 1 aromatic rings. The van der Waals surface area contributed by atoms with Crippen LogP contribution in [-0.2, 0) is 0 Å². The minimum absolute atomic E-state index is 0.157. The standard InChI is InChI=1S/C8H11ClN2O/c1-4(2)7-5(9)3-6(10)8(12)11-7/h3-4H,10H2,1-2H3,(H,11,12). The Kier molecular flexibility index (Phi) is 2.43. The molecule has 0 amide bonds. The molecule has 3 nitrogen and oxygen atoms in total. The van der Waals surface area contributed by atoms with Crippen molar-refractivity contribution >= 4 is 17.3 Å². The van der Waals surface area contributed by atoms with Crippen molar-refractivity contribution in [3.05, 3.63) is 27.1 Å². The Hall–Kier alpha value is -0.960. The van der Waals surface area contributed by atoms with Crippen LogP contribution >= 0.6 is 11.6 Å². The van der Waals surface area contributed by atoms with Gasteiger partial charge in [0.2, 0.25) is 0 Å². The summed E-state index contributed by atoms with van der Waals surface area (Å²) in [5.41, 5.74) is 5.98. The van der Waals surface area contributed by atoms with Crippen LogP contribution in [0.15, 0.2) is 10.9 Å². The molecule has 12 heavy (non-hydrogen) atoms. The summed E-state index contributed by atoms with van der Waals surface area (Å²) in [5, 5.41) is 0.516. The first-order valence-electron chi connectivity index (χ1n) is 3.70. The topological polar surface area (TPSA) is 58.9 Å². The Morgan fingerprint density at radius 3 is 2.67 bits per heavy atom. The van der Waals surface area contributed by atoms with E-state index >= 15 is 0 Å². The van der Waals surface area contributed by atoms with Crippen LogP contribution in [0.2, 0.25) is 5.02 Å². The van der Waals surface area contributed by atoms with Crippen molar-refractivity contribution in [1.82, 2.24) is 4.98 Å². The molecule has 1 rings (SSSR count). The largest absolute Gasteiger partial charge is 0.394 e. The third-order valence-corrected chi connectivity index (χ3v) is 1.94. The van der Waals surface area contributed by atoms with Gasteiger partial charge in [0.25, 0.3) is 5.56 Å². The van der Waals surface area contributed by atoms with E-state index in [1.54, 1.807) is 0 Å². The van der Waals surface area contributed by atoms with E-state index in [0.29, 0.717) is 5.02 Å².